The lowest BCUT2D eigenvalue weighted by atomic mass is 10.1. The fourth-order valence-electron chi connectivity index (χ4n) is 4.13. The summed E-state index contributed by atoms with van der Waals surface area (Å²) in [4.78, 5) is 9.67. The Morgan fingerprint density at radius 3 is 2.81 bits per heavy atom. The normalized spacial score (nSPS) is 15.0. The van der Waals surface area contributed by atoms with E-state index in [1.54, 1.807) is 0 Å². The Hall–Kier alpha value is -3.75. The minimum absolute atomic E-state index is 0.777. The van der Waals surface area contributed by atoms with Crippen LogP contribution in [0.3, 0.4) is 0 Å². The van der Waals surface area contributed by atoms with Gasteiger partial charge in [0.1, 0.15) is 43.1 Å². The van der Waals surface area contributed by atoms with Crippen molar-refractivity contribution >= 4 is 33.7 Å². The highest BCUT2D eigenvalue weighted by Gasteiger charge is 2.18. The fraction of sp³-hybridized carbons (Fsp3) is 0.174. The standard InChI is InChI=1S/C23H21N7O/c1-2-17-14-25-28-20(17)13-16(1)21-15-30-8-7-24-23(30)22(27-21)26-18-3-5-19(6-4-18)29-9-11-31-12-10-29/h1-8,13-15H,9-12H2,(H2,25,26,27,28)/p+2. The molecule has 4 heterocycles. The van der Waals surface area contributed by atoms with Gasteiger partial charge in [0.2, 0.25) is 5.82 Å². The molecule has 4 N–H and O–H groups in total. The third-order valence-corrected chi connectivity index (χ3v) is 5.82. The molecule has 8 heteroatoms. The van der Waals surface area contributed by atoms with Gasteiger partial charge in [0.25, 0.3) is 0 Å². The van der Waals surface area contributed by atoms with Crippen molar-refractivity contribution in [2.75, 3.05) is 31.6 Å². The summed E-state index contributed by atoms with van der Waals surface area (Å²) in [6.45, 7) is 3.66. The van der Waals surface area contributed by atoms with Gasteiger partial charge in [-0.25, -0.2) is 9.97 Å². The third kappa shape index (κ3) is 3.41. The van der Waals surface area contributed by atoms with Crippen LogP contribution in [0.25, 0.3) is 27.8 Å². The van der Waals surface area contributed by atoms with Crippen molar-refractivity contribution in [3.05, 3.63) is 67.3 Å². The number of hydrogen-bond donors (Lipinski definition) is 4. The topological polar surface area (TPSA) is 87.2 Å². The molecule has 0 bridgehead atoms. The van der Waals surface area contributed by atoms with Crippen LogP contribution in [-0.2, 0) is 4.74 Å². The summed E-state index contributed by atoms with van der Waals surface area (Å²) in [5.74, 6) is 0.777. The average molecular weight is 413 g/mol. The molecular weight excluding hydrogens is 390 g/mol. The second-order valence-corrected chi connectivity index (χ2v) is 7.78. The van der Waals surface area contributed by atoms with E-state index in [9.17, 15) is 0 Å². The lowest BCUT2D eigenvalue weighted by Gasteiger charge is -2.23. The van der Waals surface area contributed by atoms with Gasteiger partial charge in [-0.1, -0.05) is 12.1 Å². The Labute approximate surface area is 178 Å². The molecular formula is C23H23N7O+2. The van der Waals surface area contributed by atoms with E-state index in [1.807, 2.05) is 29.2 Å². The highest BCUT2D eigenvalue weighted by molar-refractivity contribution is 5.83. The molecule has 0 radical (unpaired) electrons. The van der Waals surface area contributed by atoms with Crippen LogP contribution in [-0.4, -0.2) is 46.5 Å². The number of aromatic nitrogens is 5. The monoisotopic (exact) mass is 413 g/mol. The van der Waals surface area contributed by atoms with Gasteiger partial charge in [0.05, 0.1) is 24.9 Å². The van der Waals surface area contributed by atoms with E-state index < -0.39 is 0 Å². The second kappa shape index (κ2) is 7.50. The first-order valence-corrected chi connectivity index (χ1v) is 10.5. The summed E-state index contributed by atoms with van der Waals surface area (Å²) >= 11 is 0. The molecule has 8 nitrogen and oxygen atoms in total. The molecule has 1 saturated heterocycles. The molecule has 5 aromatic rings. The van der Waals surface area contributed by atoms with Crippen molar-refractivity contribution in [1.82, 2.24) is 20.2 Å². The number of nitrogens with zero attached hydrogens (tertiary/aromatic N) is 3. The Bertz CT molecular complexity index is 1350. The lowest BCUT2D eigenvalue weighted by Crippen LogP contribution is -3.09. The SMILES string of the molecule is c1c[n+]2cc(-c3ccc4cn[nH]c4c3)nc(Nc3ccc([NH+]4CCOCC4)cc3)c2[nH]1. The molecule has 0 spiro atoms. The van der Waals surface area contributed by atoms with Crippen LogP contribution in [0, 0.1) is 0 Å². The zero-order valence-electron chi connectivity index (χ0n) is 16.9. The highest BCUT2D eigenvalue weighted by atomic mass is 16.5. The highest BCUT2D eigenvalue weighted by Crippen LogP contribution is 2.25. The van der Waals surface area contributed by atoms with Gasteiger partial charge < -0.3 is 10.1 Å². The van der Waals surface area contributed by atoms with Crippen LogP contribution in [0.15, 0.2) is 67.3 Å². The summed E-state index contributed by atoms with van der Waals surface area (Å²) in [6.07, 6.45) is 7.76. The first kappa shape index (κ1) is 18.1. The van der Waals surface area contributed by atoms with Gasteiger partial charge >= 0.3 is 5.65 Å². The molecule has 154 valence electrons. The van der Waals surface area contributed by atoms with Crippen molar-refractivity contribution in [2.24, 2.45) is 0 Å². The van der Waals surface area contributed by atoms with Crippen molar-refractivity contribution in [3.63, 3.8) is 0 Å². The molecule has 1 aliphatic rings. The van der Waals surface area contributed by atoms with Crippen molar-refractivity contribution in [2.45, 2.75) is 0 Å². The number of quaternary nitrogens is 1. The molecule has 6 rings (SSSR count). The van der Waals surface area contributed by atoms with Crippen LogP contribution < -0.4 is 14.6 Å². The number of H-pyrrole nitrogens is 2. The first-order chi connectivity index (χ1) is 15.3. The molecule has 0 amide bonds. The van der Waals surface area contributed by atoms with E-state index >= 15 is 0 Å². The van der Waals surface area contributed by atoms with Crippen molar-refractivity contribution < 1.29 is 14.0 Å². The Morgan fingerprint density at radius 2 is 1.94 bits per heavy atom. The predicted octanol–water partition coefficient (Wildman–Crippen LogP) is 1.98. The maximum Gasteiger partial charge on any atom is 0.327 e. The van der Waals surface area contributed by atoms with Crippen LogP contribution in [0.2, 0.25) is 0 Å². The number of benzene rings is 2. The van der Waals surface area contributed by atoms with Gasteiger partial charge in [-0.3, -0.25) is 10.00 Å². The second-order valence-electron chi connectivity index (χ2n) is 7.78. The quantitative estimate of drug-likeness (QED) is 0.340. The molecule has 0 unspecified atom stereocenters. The number of fused-ring (bicyclic) bond motifs is 2. The van der Waals surface area contributed by atoms with E-state index in [0.29, 0.717) is 0 Å². The Balaban J connectivity index is 1.33. The summed E-state index contributed by atoms with van der Waals surface area (Å²) in [5.41, 5.74) is 6.11. The maximum atomic E-state index is 5.47. The number of aromatic amines is 2. The van der Waals surface area contributed by atoms with Gasteiger partial charge in [-0.15, -0.1) is 0 Å². The molecule has 0 atom stereocenters. The summed E-state index contributed by atoms with van der Waals surface area (Å²) in [7, 11) is 0. The van der Waals surface area contributed by atoms with E-state index in [2.05, 4.69) is 63.0 Å². The smallest absolute Gasteiger partial charge is 0.327 e. The van der Waals surface area contributed by atoms with E-state index in [-0.39, 0.29) is 0 Å². The minimum atomic E-state index is 0.777. The average Bonchev–Trinajstić information content (AvgIpc) is 3.49. The molecule has 3 aromatic heterocycles. The van der Waals surface area contributed by atoms with Crippen LogP contribution in [0.4, 0.5) is 17.2 Å². The van der Waals surface area contributed by atoms with Gasteiger partial charge in [-0.05, 0) is 18.2 Å². The number of rotatable bonds is 4. The van der Waals surface area contributed by atoms with Crippen LogP contribution in [0.5, 0.6) is 0 Å². The van der Waals surface area contributed by atoms with E-state index in [4.69, 9.17) is 9.72 Å². The summed E-state index contributed by atoms with van der Waals surface area (Å²) < 4.78 is 7.52. The number of morpholine rings is 1. The molecule has 0 aliphatic carbocycles. The molecule has 0 saturated carbocycles. The zero-order chi connectivity index (χ0) is 20.6. The van der Waals surface area contributed by atoms with E-state index in [0.717, 1.165) is 65.6 Å². The maximum absolute atomic E-state index is 5.47. The van der Waals surface area contributed by atoms with Gasteiger partial charge in [0, 0.05) is 28.8 Å². The predicted molar refractivity (Wildman–Crippen MR) is 118 cm³/mol. The minimum Gasteiger partial charge on any atom is -0.370 e. The number of hydrogen-bond acceptors (Lipinski definition) is 4. The van der Waals surface area contributed by atoms with E-state index in [1.165, 1.54) is 10.6 Å². The zero-order valence-corrected chi connectivity index (χ0v) is 16.9. The number of imidazole rings is 1. The van der Waals surface area contributed by atoms with Gasteiger partial charge in [-0.2, -0.15) is 9.50 Å². The first-order valence-electron chi connectivity index (χ1n) is 10.5. The Kier molecular flexibility index (Phi) is 4.37. The Morgan fingerprint density at radius 1 is 1.06 bits per heavy atom. The lowest BCUT2D eigenvalue weighted by molar-refractivity contribution is -0.842. The van der Waals surface area contributed by atoms with Gasteiger partial charge in [0.15, 0.2) is 0 Å². The molecule has 2 aromatic carbocycles. The molecule has 31 heavy (non-hydrogen) atoms. The molecule has 1 fully saturated rings. The summed E-state index contributed by atoms with van der Waals surface area (Å²) in [6, 6.07) is 14.8. The third-order valence-electron chi connectivity index (χ3n) is 5.82. The largest absolute Gasteiger partial charge is 0.370 e. The van der Waals surface area contributed by atoms with Crippen LogP contribution >= 0.6 is 0 Å². The molecule has 1 aliphatic heterocycles. The van der Waals surface area contributed by atoms with Crippen LogP contribution in [0.1, 0.15) is 0 Å². The number of ether oxygens (including phenoxy) is 1. The van der Waals surface area contributed by atoms with Crippen molar-refractivity contribution in [3.8, 4) is 11.3 Å². The fourth-order valence-corrected chi connectivity index (χ4v) is 4.13. The summed E-state index contributed by atoms with van der Waals surface area (Å²) in [5, 5.41) is 11.7. The van der Waals surface area contributed by atoms with Crippen molar-refractivity contribution in [1.29, 1.82) is 0 Å². The number of anilines is 2. The number of nitrogens with one attached hydrogen (secondary N) is 4.